The highest BCUT2D eigenvalue weighted by atomic mass is 35.5. The van der Waals surface area contributed by atoms with Crippen molar-refractivity contribution in [2.24, 2.45) is 0 Å². The van der Waals surface area contributed by atoms with E-state index >= 15 is 0 Å². The van der Waals surface area contributed by atoms with E-state index in [1.165, 1.54) is 31.4 Å². The third kappa shape index (κ3) is 6.84. The summed E-state index contributed by atoms with van der Waals surface area (Å²) in [7, 11) is 0. The zero-order valence-electron chi connectivity index (χ0n) is 8.27. The van der Waals surface area contributed by atoms with Crippen LogP contribution in [0.5, 0.6) is 0 Å². The predicted octanol–water partition coefficient (Wildman–Crippen LogP) is 4.38. The van der Waals surface area contributed by atoms with Crippen LogP contribution >= 0.6 is 11.6 Å². The van der Waals surface area contributed by atoms with Crippen LogP contribution in [0.4, 0.5) is 8.78 Å². The molecule has 0 nitrogen and oxygen atoms in total. The number of unbranched alkanes of at least 4 members (excludes halogenated alkanes) is 2. The van der Waals surface area contributed by atoms with E-state index in [4.69, 9.17) is 11.6 Å². The molecule has 0 saturated heterocycles. The Balaban J connectivity index is 0.000000255. The third-order valence-electron chi connectivity index (χ3n) is 1.56. The van der Waals surface area contributed by atoms with E-state index in [-0.39, 0.29) is 0 Å². The Kier molecular flexibility index (Phi) is 8.54. The Morgan fingerprint density at radius 3 is 1.79 bits per heavy atom. The summed E-state index contributed by atoms with van der Waals surface area (Å²) in [5.74, 6) is -0.770. The van der Waals surface area contributed by atoms with Gasteiger partial charge in [0.2, 0.25) is 0 Å². The topological polar surface area (TPSA) is 0 Å². The fourth-order valence-corrected chi connectivity index (χ4v) is 0.973. The Labute approximate surface area is 88.9 Å². The van der Waals surface area contributed by atoms with Crippen molar-refractivity contribution in [3.05, 3.63) is 35.9 Å². The fourth-order valence-electron chi connectivity index (χ4n) is 0.784. The number of hydrogen-bond acceptors (Lipinski definition) is 0. The van der Waals surface area contributed by atoms with Crippen molar-refractivity contribution in [1.82, 2.24) is 0 Å². The van der Waals surface area contributed by atoms with Gasteiger partial charge in [-0.05, 0) is 18.6 Å². The SMILES string of the molecule is CCCCCCl.Fc1ccccc1F. The molecule has 0 aliphatic rings. The lowest BCUT2D eigenvalue weighted by atomic mass is 10.3. The van der Waals surface area contributed by atoms with Gasteiger partial charge in [0.15, 0.2) is 11.6 Å². The average Bonchev–Trinajstić information content (AvgIpc) is 2.20. The Morgan fingerprint density at radius 2 is 1.57 bits per heavy atom. The lowest BCUT2D eigenvalue weighted by Gasteiger charge is -1.85. The number of rotatable bonds is 3. The van der Waals surface area contributed by atoms with Crippen LogP contribution in [0.25, 0.3) is 0 Å². The predicted molar refractivity (Wildman–Crippen MR) is 56.6 cm³/mol. The molecule has 0 atom stereocenters. The number of benzene rings is 1. The van der Waals surface area contributed by atoms with Crippen molar-refractivity contribution < 1.29 is 8.78 Å². The smallest absolute Gasteiger partial charge is 0.158 e. The minimum absolute atomic E-state index is 0.799. The molecular weight excluding hydrogens is 206 g/mol. The summed E-state index contributed by atoms with van der Waals surface area (Å²) in [6, 6.07) is 5.04. The lowest BCUT2D eigenvalue weighted by molar-refractivity contribution is 0.508. The van der Waals surface area contributed by atoms with Crippen LogP contribution in [-0.4, -0.2) is 5.88 Å². The Morgan fingerprint density at radius 1 is 1.07 bits per heavy atom. The summed E-state index contributed by atoms with van der Waals surface area (Å²) in [5, 5.41) is 0. The second kappa shape index (κ2) is 8.95. The molecule has 0 bridgehead atoms. The molecule has 0 heterocycles. The quantitative estimate of drug-likeness (QED) is 0.524. The van der Waals surface area contributed by atoms with Gasteiger partial charge in [-0.2, -0.15) is 0 Å². The van der Waals surface area contributed by atoms with Gasteiger partial charge < -0.3 is 0 Å². The molecule has 80 valence electrons. The first-order valence-corrected chi connectivity index (χ1v) is 5.21. The highest BCUT2D eigenvalue weighted by Gasteiger charge is 1.93. The maximum atomic E-state index is 11.9. The summed E-state index contributed by atoms with van der Waals surface area (Å²) in [6.45, 7) is 2.17. The minimum atomic E-state index is -0.799. The first-order chi connectivity index (χ1) is 6.72. The van der Waals surface area contributed by atoms with Crippen molar-refractivity contribution in [3.8, 4) is 0 Å². The summed E-state index contributed by atoms with van der Waals surface area (Å²) in [6.07, 6.45) is 3.73. The average molecular weight is 221 g/mol. The first kappa shape index (κ1) is 13.4. The molecule has 0 saturated carbocycles. The van der Waals surface area contributed by atoms with E-state index in [0.29, 0.717) is 0 Å². The molecular formula is C11H15ClF2. The molecule has 0 aliphatic heterocycles. The summed E-state index contributed by atoms with van der Waals surface area (Å²) in [4.78, 5) is 0. The third-order valence-corrected chi connectivity index (χ3v) is 1.83. The van der Waals surface area contributed by atoms with Gasteiger partial charge in [-0.15, -0.1) is 11.6 Å². The van der Waals surface area contributed by atoms with Crippen LogP contribution in [0.15, 0.2) is 24.3 Å². The van der Waals surface area contributed by atoms with Crippen LogP contribution in [0.3, 0.4) is 0 Å². The summed E-state index contributed by atoms with van der Waals surface area (Å²) in [5.41, 5.74) is 0. The lowest BCUT2D eigenvalue weighted by Crippen LogP contribution is -1.77. The minimum Gasteiger partial charge on any atom is -0.204 e. The van der Waals surface area contributed by atoms with Crippen LogP contribution in [0, 0.1) is 11.6 Å². The molecule has 1 aromatic rings. The van der Waals surface area contributed by atoms with Crippen molar-refractivity contribution in [2.75, 3.05) is 5.88 Å². The molecule has 0 aliphatic carbocycles. The van der Waals surface area contributed by atoms with Crippen molar-refractivity contribution in [2.45, 2.75) is 26.2 Å². The first-order valence-electron chi connectivity index (χ1n) is 4.68. The molecule has 1 rings (SSSR count). The van der Waals surface area contributed by atoms with Gasteiger partial charge in [0.05, 0.1) is 0 Å². The molecule has 0 unspecified atom stereocenters. The second-order valence-electron chi connectivity index (χ2n) is 2.81. The van der Waals surface area contributed by atoms with Crippen LogP contribution in [-0.2, 0) is 0 Å². The maximum absolute atomic E-state index is 11.9. The largest absolute Gasteiger partial charge is 0.204 e. The zero-order valence-corrected chi connectivity index (χ0v) is 9.03. The Bertz CT molecular complexity index is 213. The second-order valence-corrected chi connectivity index (χ2v) is 3.19. The van der Waals surface area contributed by atoms with Crippen molar-refractivity contribution in [1.29, 1.82) is 0 Å². The highest BCUT2D eigenvalue weighted by molar-refractivity contribution is 6.17. The van der Waals surface area contributed by atoms with E-state index in [0.717, 1.165) is 18.0 Å². The molecule has 0 fully saturated rings. The zero-order chi connectivity index (χ0) is 10.8. The van der Waals surface area contributed by atoms with Crippen molar-refractivity contribution >= 4 is 11.6 Å². The van der Waals surface area contributed by atoms with Crippen LogP contribution < -0.4 is 0 Å². The molecule has 0 radical (unpaired) electrons. The molecule has 14 heavy (non-hydrogen) atoms. The standard InChI is InChI=1S/C6H4F2.C5H11Cl/c7-5-3-1-2-4-6(5)8;1-2-3-4-5-6/h1-4H;2-5H2,1H3. The van der Waals surface area contributed by atoms with Crippen LogP contribution in [0.1, 0.15) is 26.2 Å². The van der Waals surface area contributed by atoms with E-state index in [2.05, 4.69) is 6.92 Å². The number of halogens is 3. The van der Waals surface area contributed by atoms with Gasteiger partial charge in [-0.3, -0.25) is 0 Å². The van der Waals surface area contributed by atoms with Gasteiger partial charge >= 0.3 is 0 Å². The van der Waals surface area contributed by atoms with E-state index < -0.39 is 11.6 Å². The number of alkyl halides is 1. The molecule has 3 heteroatoms. The highest BCUT2D eigenvalue weighted by Crippen LogP contribution is 2.01. The van der Waals surface area contributed by atoms with Gasteiger partial charge in [0, 0.05) is 5.88 Å². The van der Waals surface area contributed by atoms with Gasteiger partial charge in [-0.25, -0.2) is 8.78 Å². The van der Waals surface area contributed by atoms with Gasteiger partial charge in [0.25, 0.3) is 0 Å². The van der Waals surface area contributed by atoms with E-state index in [1.807, 2.05) is 0 Å². The van der Waals surface area contributed by atoms with Crippen molar-refractivity contribution in [3.63, 3.8) is 0 Å². The monoisotopic (exact) mass is 220 g/mol. The van der Waals surface area contributed by atoms with Gasteiger partial charge in [-0.1, -0.05) is 31.9 Å². The fraction of sp³-hybridized carbons (Fsp3) is 0.455. The molecule has 0 N–H and O–H groups in total. The summed E-state index contributed by atoms with van der Waals surface area (Å²) >= 11 is 5.38. The van der Waals surface area contributed by atoms with Crippen LogP contribution in [0.2, 0.25) is 0 Å². The van der Waals surface area contributed by atoms with Gasteiger partial charge in [0.1, 0.15) is 0 Å². The molecule has 1 aromatic carbocycles. The summed E-state index contributed by atoms with van der Waals surface area (Å²) < 4.78 is 23.9. The van der Waals surface area contributed by atoms with E-state index in [1.54, 1.807) is 0 Å². The normalized spacial score (nSPS) is 9.14. The number of hydrogen-bond donors (Lipinski definition) is 0. The van der Waals surface area contributed by atoms with E-state index in [9.17, 15) is 8.78 Å². The molecule has 0 aromatic heterocycles. The maximum Gasteiger partial charge on any atom is 0.158 e. The molecule has 0 spiro atoms. The Hall–Kier alpha value is -0.630. The molecule has 0 amide bonds.